The van der Waals surface area contributed by atoms with E-state index < -0.39 is 0 Å². The number of rotatable bonds is 3. The van der Waals surface area contributed by atoms with Crippen LogP contribution in [0.15, 0.2) is 35.0 Å². The Morgan fingerprint density at radius 3 is 2.94 bits per heavy atom. The maximum absolute atomic E-state index is 11.7. The molecule has 0 spiro atoms. The van der Waals surface area contributed by atoms with E-state index in [-0.39, 0.29) is 11.7 Å². The van der Waals surface area contributed by atoms with Gasteiger partial charge in [-0.15, -0.1) is 0 Å². The van der Waals surface area contributed by atoms with Gasteiger partial charge in [0.1, 0.15) is 5.75 Å². The molecule has 0 unspecified atom stereocenters. The molecule has 2 N–H and O–H groups in total. The maximum Gasteiger partial charge on any atom is 0.251 e. The lowest BCUT2D eigenvalue weighted by Crippen LogP contribution is -2.22. The van der Waals surface area contributed by atoms with Crippen molar-refractivity contribution in [2.45, 2.75) is 13.5 Å². The molecule has 0 saturated carbocycles. The van der Waals surface area contributed by atoms with E-state index in [1.165, 1.54) is 12.3 Å². The van der Waals surface area contributed by atoms with E-state index in [1.807, 2.05) is 0 Å². The molecule has 0 aliphatic rings. The molecule has 0 aliphatic carbocycles. The van der Waals surface area contributed by atoms with Crippen LogP contribution in [0.2, 0.25) is 0 Å². The van der Waals surface area contributed by atoms with Crippen molar-refractivity contribution in [1.29, 1.82) is 0 Å². The Labute approximate surface area is 98.1 Å². The number of phenolic OH excluding ortho intramolecular Hbond substituents is 1. The zero-order chi connectivity index (χ0) is 12.3. The average Bonchev–Trinajstić information content (AvgIpc) is 2.82. The number of benzene rings is 1. The predicted octanol–water partition coefficient (Wildman–Crippen LogP) is 1.62. The van der Waals surface area contributed by atoms with Crippen LogP contribution in [0.5, 0.6) is 5.75 Å². The largest absolute Gasteiger partial charge is 0.508 e. The van der Waals surface area contributed by atoms with E-state index in [2.05, 4.69) is 10.5 Å². The molecule has 2 aromatic rings. The summed E-state index contributed by atoms with van der Waals surface area (Å²) in [4.78, 5) is 11.7. The maximum atomic E-state index is 11.7. The van der Waals surface area contributed by atoms with Gasteiger partial charge in [-0.25, -0.2) is 0 Å². The summed E-state index contributed by atoms with van der Waals surface area (Å²) < 4.78 is 4.86. The van der Waals surface area contributed by atoms with Crippen LogP contribution in [0.1, 0.15) is 21.7 Å². The molecule has 1 aromatic carbocycles. The number of carbonyl (C=O) groups is 1. The zero-order valence-corrected chi connectivity index (χ0v) is 9.30. The summed E-state index contributed by atoms with van der Waals surface area (Å²) >= 11 is 0. The van der Waals surface area contributed by atoms with Crippen LogP contribution in [0.25, 0.3) is 0 Å². The smallest absolute Gasteiger partial charge is 0.251 e. The van der Waals surface area contributed by atoms with Gasteiger partial charge in [0.2, 0.25) is 0 Å². The summed E-state index contributed by atoms with van der Waals surface area (Å²) in [5, 5.41) is 15.6. The van der Waals surface area contributed by atoms with Crippen LogP contribution in [0.3, 0.4) is 0 Å². The summed E-state index contributed by atoms with van der Waals surface area (Å²) in [6.07, 6.45) is 1.52. The van der Waals surface area contributed by atoms with Gasteiger partial charge in [-0.1, -0.05) is 5.16 Å². The molecule has 0 bridgehead atoms. The lowest BCUT2D eigenvalue weighted by atomic mass is 10.1. The molecule has 1 amide bonds. The predicted molar refractivity (Wildman–Crippen MR) is 60.5 cm³/mol. The van der Waals surface area contributed by atoms with Crippen molar-refractivity contribution in [3.05, 3.63) is 47.3 Å². The van der Waals surface area contributed by atoms with Crippen molar-refractivity contribution in [2.24, 2.45) is 0 Å². The van der Waals surface area contributed by atoms with Crippen molar-refractivity contribution in [3.63, 3.8) is 0 Å². The second kappa shape index (κ2) is 4.69. The van der Waals surface area contributed by atoms with Crippen molar-refractivity contribution >= 4 is 5.91 Å². The molecule has 0 fully saturated rings. The Kier molecular flexibility index (Phi) is 3.09. The fourth-order valence-corrected chi connectivity index (χ4v) is 1.40. The van der Waals surface area contributed by atoms with E-state index in [0.29, 0.717) is 23.4 Å². The standard InChI is InChI=1S/C12H12N2O3/c1-8-6-9(2-3-11(8)15)12(16)13-7-10-4-5-14-17-10/h2-6,15H,7H2,1H3,(H,13,16). The highest BCUT2D eigenvalue weighted by Crippen LogP contribution is 2.16. The minimum absolute atomic E-state index is 0.178. The van der Waals surface area contributed by atoms with Gasteiger partial charge in [-0.2, -0.15) is 0 Å². The third kappa shape index (κ3) is 2.63. The third-order valence-electron chi connectivity index (χ3n) is 2.37. The van der Waals surface area contributed by atoms with E-state index >= 15 is 0 Å². The molecule has 5 heteroatoms. The van der Waals surface area contributed by atoms with Crippen LogP contribution in [0.4, 0.5) is 0 Å². The highest BCUT2D eigenvalue weighted by molar-refractivity contribution is 5.94. The number of nitrogens with zero attached hydrogens (tertiary/aromatic N) is 1. The van der Waals surface area contributed by atoms with Crippen LogP contribution in [0, 0.1) is 6.92 Å². The number of hydrogen-bond acceptors (Lipinski definition) is 4. The van der Waals surface area contributed by atoms with Crippen molar-refractivity contribution in [2.75, 3.05) is 0 Å². The highest BCUT2D eigenvalue weighted by atomic mass is 16.5. The van der Waals surface area contributed by atoms with Gasteiger partial charge in [0.15, 0.2) is 5.76 Å². The van der Waals surface area contributed by atoms with Gasteiger partial charge in [-0.05, 0) is 30.7 Å². The van der Waals surface area contributed by atoms with E-state index in [4.69, 9.17) is 4.52 Å². The van der Waals surface area contributed by atoms with Crippen LogP contribution < -0.4 is 5.32 Å². The number of hydrogen-bond donors (Lipinski definition) is 2. The molecular formula is C12H12N2O3. The lowest BCUT2D eigenvalue weighted by molar-refractivity contribution is 0.0947. The minimum Gasteiger partial charge on any atom is -0.508 e. The number of aromatic hydroxyl groups is 1. The molecule has 0 atom stereocenters. The molecule has 88 valence electrons. The Morgan fingerprint density at radius 2 is 2.29 bits per heavy atom. The number of nitrogens with one attached hydrogen (secondary N) is 1. The zero-order valence-electron chi connectivity index (χ0n) is 9.30. The Morgan fingerprint density at radius 1 is 1.47 bits per heavy atom. The average molecular weight is 232 g/mol. The highest BCUT2D eigenvalue weighted by Gasteiger charge is 2.07. The topological polar surface area (TPSA) is 75.4 Å². The van der Waals surface area contributed by atoms with Gasteiger partial charge in [0.05, 0.1) is 12.7 Å². The summed E-state index contributed by atoms with van der Waals surface area (Å²) in [5.41, 5.74) is 1.16. The molecule has 2 rings (SSSR count). The summed E-state index contributed by atoms with van der Waals surface area (Å²) in [5.74, 6) is 0.551. The Balaban J connectivity index is 2.02. The van der Waals surface area contributed by atoms with Crippen LogP contribution in [-0.4, -0.2) is 16.2 Å². The molecule has 1 heterocycles. The SMILES string of the molecule is Cc1cc(C(=O)NCc2ccno2)ccc1O. The Bertz CT molecular complexity index is 521. The van der Waals surface area contributed by atoms with Gasteiger partial charge in [-0.3, -0.25) is 4.79 Å². The number of amides is 1. The summed E-state index contributed by atoms with van der Waals surface area (Å²) in [6.45, 7) is 2.03. The first kappa shape index (κ1) is 11.2. The molecule has 17 heavy (non-hydrogen) atoms. The van der Waals surface area contributed by atoms with Crippen molar-refractivity contribution < 1.29 is 14.4 Å². The van der Waals surface area contributed by atoms with Crippen molar-refractivity contribution in [1.82, 2.24) is 10.5 Å². The van der Waals surface area contributed by atoms with E-state index in [9.17, 15) is 9.90 Å². The summed E-state index contributed by atoms with van der Waals surface area (Å²) in [7, 11) is 0. The number of phenols is 1. The third-order valence-corrected chi connectivity index (χ3v) is 2.37. The molecule has 0 aliphatic heterocycles. The fourth-order valence-electron chi connectivity index (χ4n) is 1.40. The van der Waals surface area contributed by atoms with Gasteiger partial charge in [0, 0.05) is 11.6 Å². The number of aryl methyl sites for hydroxylation is 1. The van der Waals surface area contributed by atoms with Gasteiger partial charge < -0.3 is 14.9 Å². The van der Waals surface area contributed by atoms with Crippen molar-refractivity contribution in [3.8, 4) is 5.75 Å². The molecule has 0 saturated heterocycles. The van der Waals surface area contributed by atoms with Gasteiger partial charge in [0.25, 0.3) is 5.91 Å². The number of aromatic nitrogens is 1. The van der Waals surface area contributed by atoms with Gasteiger partial charge >= 0.3 is 0 Å². The van der Waals surface area contributed by atoms with Crippen LogP contribution in [-0.2, 0) is 6.54 Å². The molecule has 1 aromatic heterocycles. The normalized spacial score (nSPS) is 10.2. The first-order chi connectivity index (χ1) is 8.16. The summed E-state index contributed by atoms with van der Waals surface area (Å²) in [6, 6.07) is 6.38. The van der Waals surface area contributed by atoms with E-state index in [0.717, 1.165) is 0 Å². The second-order valence-electron chi connectivity index (χ2n) is 3.66. The molecular weight excluding hydrogens is 220 g/mol. The molecule has 5 nitrogen and oxygen atoms in total. The Hall–Kier alpha value is -2.30. The van der Waals surface area contributed by atoms with Crippen LogP contribution >= 0.6 is 0 Å². The first-order valence-corrected chi connectivity index (χ1v) is 5.14. The lowest BCUT2D eigenvalue weighted by Gasteiger charge is -2.04. The minimum atomic E-state index is -0.218. The second-order valence-corrected chi connectivity index (χ2v) is 3.66. The molecule has 0 radical (unpaired) electrons. The monoisotopic (exact) mass is 232 g/mol. The first-order valence-electron chi connectivity index (χ1n) is 5.14. The fraction of sp³-hybridized carbons (Fsp3) is 0.167. The van der Waals surface area contributed by atoms with E-state index in [1.54, 1.807) is 25.1 Å². The number of carbonyl (C=O) groups excluding carboxylic acids is 1. The quantitative estimate of drug-likeness (QED) is 0.843.